The molecule has 6 heteroatoms. The predicted octanol–water partition coefficient (Wildman–Crippen LogP) is 2.53. The van der Waals surface area contributed by atoms with Crippen molar-refractivity contribution in [3.63, 3.8) is 0 Å². The molecule has 0 radical (unpaired) electrons. The van der Waals surface area contributed by atoms with Crippen LogP contribution in [0.25, 0.3) is 11.0 Å². The second-order valence-corrected chi connectivity index (χ2v) is 5.64. The number of para-hydroxylation sites is 2. The molecular weight excluding hydrogens is 318 g/mol. The number of aromatic nitrogens is 2. The highest BCUT2D eigenvalue weighted by Gasteiger charge is 2.23. The van der Waals surface area contributed by atoms with E-state index in [-0.39, 0.29) is 12.3 Å². The summed E-state index contributed by atoms with van der Waals surface area (Å²) in [7, 11) is 1.30. The molecule has 2 aromatic carbocycles. The summed E-state index contributed by atoms with van der Waals surface area (Å²) in [4.78, 5) is 31.9. The number of benzene rings is 2. The molecule has 0 saturated carbocycles. The molecule has 1 aromatic heterocycles. The number of H-pyrrole nitrogens is 1. The van der Waals surface area contributed by atoms with E-state index in [1.807, 2.05) is 42.5 Å². The monoisotopic (exact) mass is 337 g/mol. The Kier molecular flexibility index (Phi) is 5.09. The second-order valence-electron chi connectivity index (χ2n) is 5.64. The Bertz CT molecular complexity index is 841. The van der Waals surface area contributed by atoms with Crippen LogP contribution in [0.4, 0.5) is 0 Å². The third-order valence-electron chi connectivity index (χ3n) is 3.90. The summed E-state index contributed by atoms with van der Waals surface area (Å²) in [6, 6.07) is 15.9. The maximum Gasteiger partial charge on any atom is 0.333 e. The van der Waals surface area contributed by atoms with Gasteiger partial charge in [0.05, 0.1) is 18.1 Å². The Morgan fingerprint density at radius 1 is 1.12 bits per heavy atom. The fourth-order valence-corrected chi connectivity index (χ4v) is 2.63. The smallest absolute Gasteiger partial charge is 0.333 e. The highest BCUT2D eigenvalue weighted by Crippen LogP contribution is 2.15. The average Bonchev–Trinajstić information content (AvgIpc) is 3.07. The van der Waals surface area contributed by atoms with Crippen molar-refractivity contribution in [3.05, 3.63) is 66.0 Å². The molecule has 0 spiro atoms. The number of carbonyl (C=O) groups excluding carboxylic acids is 2. The molecule has 1 heterocycles. The molecule has 1 amide bonds. The van der Waals surface area contributed by atoms with Crippen LogP contribution in [0.1, 0.15) is 23.9 Å². The zero-order chi connectivity index (χ0) is 17.6. The molecule has 25 heavy (non-hydrogen) atoms. The van der Waals surface area contributed by atoms with Crippen LogP contribution in [-0.2, 0) is 20.7 Å². The number of nitrogens with zero attached hydrogens (tertiary/aromatic N) is 1. The van der Waals surface area contributed by atoms with Gasteiger partial charge in [-0.05, 0) is 17.7 Å². The molecule has 1 atom stereocenters. The summed E-state index contributed by atoms with van der Waals surface area (Å²) in [6.45, 7) is 0. The minimum atomic E-state index is -0.811. The minimum absolute atomic E-state index is 0.222. The third kappa shape index (κ3) is 4.03. The van der Waals surface area contributed by atoms with Crippen molar-refractivity contribution in [1.82, 2.24) is 15.3 Å². The number of hydrogen-bond acceptors (Lipinski definition) is 4. The van der Waals surface area contributed by atoms with Crippen LogP contribution < -0.4 is 5.32 Å². The predicted molar refractivity (Wildman–Crippen MR) is 93.8 cm³/mol. The number of aromatic amines is 1. The van der Waals surface area contributed by atoms with Crippen molar-refractivity contribution in [3.8, 4) is 0 Å². The molecule has 6 nitrogen and oxygen atoms in total. The molecule has 0 saturated heterocycles. The van der Waals surface area contributed by atoms with Gasteiger partial charge in [-0.25, -0.2) is 9.78 Å². The Labute approximate surface area is 145 Å². The second kappa shape index (κ2) is 7.61. The lowest BCUT2D eigenvalue weighted by atomic mass is 10.1. The van der Waals surface area contributed by atoms with Gasteiger partial charge in [0.1, 0.15) is 5.82 Å². The number of rotatable bonds is 6. The number of fused-ring (bicyclic) bond motifs is 1. The maximum absolute atomic E-state index is 12.3. The first-order valence-corrected chi connectivity index (χ1v) is 8.03. The fraction of sp³-hybridized carbons (Fsp3) is 0.211. The van der Waals surface area contributed by atoms with Crippen molar-refractivity contribution < 1.29 is 14.3 Å². The summed E-state index contributed by atoms with van der Waals surface area (Å²) in [6.07, 6.45) is 0.684. The van der Waals surface area contributed by atoms with Crippen molar-refractivity contribution in [2.75, 3.05) is 7.11 Å². The first kappa shape index (κ1) is 16.7. The molecule has 0 aliphatic carbocycles. The van der Waals surface area contributed by atoms with Crippen molar-refractivity contribution in [2.45, 2.75) is 18.9 Å². The van der Waals surface area contributed by atoms with Gasteiger partial charge in [-0.15, -0.1) is 0 Å². The Balaban J connectivity index is 1.64. The lowest BCUT2D eigenvalue weighted by Gasteiger charge is -2.16. The van der Waals surface area contributed by atoms with Crippen molar-refractivity contribution in [2.24, 2.45) is 0 Å². The van der Waals surface area contributed by atoms with E-state index in [4.69, 9.17) is 4.74 Å². The normalized spacial score (nSPS) is 11.9. The average molecular weight is 337 g/mol. The quantitative estimate of drug-likeness (QED) is 0.677. The largest absolute Gasteiger partial charge is 0.467 e. The molecule has 0 aliphatic rings. The van der Waals surface area contributed by atoms with Crippen molar-refractivity contribution in [1.29, 1.82) is 0 Å². The first-order valence-electron chi connectivity index (χ1n) is 8.03. The summed E-state index contributed by atoms with van der Waals surface area (Å²) in [5.74, 6) is 0.00803. The minimum Gasteiger partial charge on any atom is -0.467 e. The number of amides is 1. The summed E-state index contributed by atoms with van der Waals surface area (Å²) in [5.41, 5.74) is 2.50. The van der Waals surface area contributed by atoms with Gasteiger partial charge in [0, 0.05) is 12.8 Å². The van der Waals surface area contributed by atoms with E-state index in [1.165, 1.54) is 7.11 Å². The van der Waals surface area contributed by atoms with Crippen LogP contribution in [-0.4, -0.2) is 29.0 Å². The lowest BCUT2D eigenvalue weighted by Crippen LogP contribution is -2.34. The van der Waals surface area contributed by atoms with Crippen LogP contribution in [0.5, 0.6) is 0 Å². The van der Waals surface area contributed by atoms with Gasteiger partial charge in [0.2, 0.25) is 5.91 Å². The van der Waals surface area contributed by atoms with Gasteiger partial charge in [-0.3, -0.25) is 4.79 Å². The fourth-order valence-electron chi connectivity index (χ4n) is 2.63. The van der Waals surface area contributed by atoms with E-state index in [0.717, 1.165) is 16.9 Å². The Morgan fingerprint density at radius 2 is 1.84 bits per heavy atom. The molecule has 0 aliphatic heterocycles. The van der Waals surface area contributed by atoms with E-state index in [2.05, 4.69) is 15.3 Å². The Morgan fingerprint density at radius 3 is 2.56 bits per heavy atom. The molecule has 3 rings (SSSR count). The first-order chi connectivity index (χ1) is 12.2. The van der Waals surface area contributed by atoms with E-state index in [1.54, 1.807) is 12.1 Å². The molecule has 0 fully saturated rings. The summed E-state index contributed by atoms with van der Waals surface area (Å²) >= 11 is 0. The van der Waals surface area contributed by atoms with Crippen LogP contribution >= 0.6 is 0 Å². The topological polar surface area (TPSA) is 84.1 Å². The van der Waals surface area contributed by atoms with Crippen LogP contribution in [0.15, 0.2) is 54.6 Å². The van der Waals surface area contributed by atoms with Gasteiger partial charge in [0.25, 0.3) is 0 Å². The number of nitrogens with one attached hydrogen (secondary N) is 2. The van der Waals surface area contributed by atoms with Crippen molar-refractivity contribution >= 4 is 22.9 Å². The SMILES string of the molecule is COC(=O)[C@@H](NC(=O)CCc1nc2ccccc2[nH]1)c1ccccc1. The standard InChI is InChI=1S/C19H19N3O3/c1-25-19(24)18(13-7-3-2-4-8-13)22-17(23)12-11-16-20-14-9-5-6-10-15(14)21-16/h2-10,18H,11-12H2,1H3,(H,20,21)(H,22,23)/t18-/m0/s1. The number of esters is 1. The zero-order valence-corrected chi connectivity index (χ0v) is 13.9. The third-order valence-corrected chi connectivity index (χ3v) is 3.90. The molecule has 0 bridgehead atoms. The van der Waals surface area contributed by atoms with E-state index >= 15 is 0 Å². The number of imidazole rings is 1. The summed E-state index contributed by atoms with van der Waals surface area (Å²) in [5, 5.41) is 2.73. The molecule has 0 unspecified atom stereocenters. The lowest BCUT2D eigenvalue weighted by molar-refractivity contribution is -0.145. The van der Waals surface area contributed by atoms with Gasteiger partial charge in [-0.1, -0.05) is 42.5 Å². The zero-order valence-electron chi connectivity index (χ0n) is 13.9. The van der Waals surface area contributed by atoms with Crippen LogP contribution in [0.3, 0.4) is 0 Å². The van der Waals surface area contributed by atoms with Gasteiger partial charge >= 0.3 is 5.97 Å². The number of carbonyl (C=O) groups is 2. The van der Waals surface area contributed by atoms with Gasteiger partial charge < -0.3 is 15.0 Å². The van der Waals surface area contributed by atoms with E-state index in [0.29, 0.717) is 12.0 Å². The van der Waals surface area contributed by atoms with E-state index in [9.17, 15) is 9.59 Å². The van der Waals surface area contributed by atoms with Crippen LogP contribution in [0.2, 0.25) is 0 Å². The Hall–Kier alpha value is -3.15. The molecule has 2 N–H and O–H groups in total. The molecule has 3 aromatic rings. The highest BCUT2D eigenvalue weighted by atomic mass is 16.5. The number of ether oxygens (including phenoxy) is 1. The van der Waals surface area contributed by atoms with Gasteiger partial charge in [0.15, 0.2) is 6.04 Å². The number of methoxy groups -OCH3 is 1. The molecule has 128 valence electrons. The maximum atomic E-state index is 12.3. The van der Waals surface area contributed by atoms with Crippen LogP contribution in [0, 0.1) is 0 Å². The number of aryl methyl sites for hydroxylation is 1. The highest BCUT2D eigenvalue weighted by molar-refractivity contribution is 5.85. The number of hydrogen-bond donors (Lipinski definition) is 2. The van der Waals surface area contributed by atoms with E-state index < -0.39 is 12.0 Å². The summed E-state index contributed by atoms with van der Waals surface area (Å²) < 4.78 is 4.80. The van der Waals surface area contributed by atoms with Gasteiger partial charge in [-0.2, -0.15) is 0 Å². The molecular formula is C19H19N3O3.